The van der Waals surface area contributed by atoms with Gasteiger partial charge in [0.2, 0.25) is 5.91 Å². The third-order valence-electron chi connectivity index (χ3n) is 1.96. The van der Waals surface area contributed by atoms with Gasteiger partial charge in [-0.2, -0.15) is 0 Å². The zero-order valence-electron chi connectivity index (χ0n) is 10.8. The minimum Gasteiger partial charge on any atom is -0.481 e. The van der Waals surface area contributed by atoms with Crippen molar-refractivity contribution in [2.45, 2.75) is 39.2 Å². The highest BCUT2D eigenvalue weighted by Gasteiger charge is 2.05. The maximum absolute atomic E-state index is 11.2. The molecule has 0 saturated carbocycles. The van der Waals surface area contributed by atoms with E-state index < -0.39 is 12.0 Å². The fourth-order valence-electron chi connectivity index (χ4n) is 1.20. The van der Waals surface area contributed by atoms with Crippen LogP contribution in [-0.2, 0) is 9.59 Å². The lowest BCUT2D eigenvalue weighted by molar-refractivity contribution is -0.137. The second kappa shape index (κ2) is 9.26. The van der Waals surface area contributed by atoms with Crippen molar-refractivity contribution in [2.24, 2.45) is 0 Å². The molecule has 0 unspecified atom stereocenters. The van der Waals surface area contributed by atoms with Gasteiger partial charge in [0.15, 0.2) is 0 Å². The molecule has 0 aromatic heterocycles. The third kappa shape index (κ3) is 10.7. The van der Waals surface area contributed by atoms with E-state index in [0.29, 0.717) is 19.4 Å². The lowest BCUT2D eigenvalue weighted by Crippen LogP contribution is -2.43. The molecule has 0 heterocycles. The molecular formula is C11H21N3O4. The highest BCUT2D eigenvalue weighted by Crippen LogP contribution is 1.92. The first-order chi connectivity index (χ1) is 8.41. The first kappa shape index (κ1) is 16.2. The zero-order chi connectivity index (χ0) is 14.0. The smallest absolute Gasteiger partial charge is 0.315 e. The Hall–Kier alpha value is -1.79. The van der Waals surface area contributed by atoms with Gasteiger partial charge in [-0.15, -0.1) is 0 Å². The number of carbonyl (C=O) groups is 3. The standard InChI is InChI=1S/C11H21N3O4/c1-8(2)14-9(15)7-13-11(18)12-6-4-3-5-10(16)17/h8H,3-7H2,1-2H3,(H,14,15)(H,16,17)(H2,12,13,18). The lowest BCUT2D eigenvalue weighted by atomic mass is 10.2. The van der Waals surface area contributed by atoms with Crippen LogP contribution < -0.4 is 16.0 Å². The molecular weight excluding hydrogens is 238 g/mol. The third-order valence-corrected chi connectivity index (χ3v) is 1.96. The molecule has 0 rings (SSSR count). The zero-order valence-corrected chi connectivity index (χ0v) is 10.8. The van der Waals surface area contributed by atoms with Gasteiger partial charge in [-0.25, -0.2) is 4.79 Å². The molecule has 0 atom stereocenters. The molecule has 0 aliphatic rings. The summed E-state index contributed by atoms with van der Waals surface area (Å²) in [6.45, 7) is 3.99. The Balaban J connectivity index is 3.48. The topological polar surface area (TPSA) is 108 Å². The van der Waals surface area contributed by atoms with Crippen molar-refractivity contribution in [3.63, 3.8) is 0 Å². The van der Waals surface area contributed by atoms with Gasteiger partial charge >= 0.3 is 12.0 Å². The number of amides is 3. The number of aliphatic carboxylic acids is 1. The number of carboxylic acids is 1. The van der Waals surface area contributed by atoms with Gasteiger partial charge in [0.25, 0.3) is 0 Å². The quantitative estimate of drug-likeness (QED) is 0.462. The Labute approximate surface area is 106 Å². The summed E-state index contributed by atoms with van der Waals surface area (Å²) in [5, 5.41) is 16.0. The first-order valence-electron chi connectivity index (χ1n) is 5.94. The van der Waals surface area contributed by atoms with E-state index in [1.54, 1.807) is 0 Å². The highest BCUT2D eigenvalue weighted by molar-refractivity contribution is 5.83. The Morgan fingerprint density at radius 1 is 1.11 bits per heavy atom. The highest BCUT2D eigenvalue weighted by atomic mass is 16.4. The van der Waals surface area contributed by atoms with Gasteiger partial charge in [-0.1, -0.05) is 0 Å². The van der Waals surface area contributed by atoms with Gasteiger partial charge in [0.05, 0.1) is 6.54 Å². The molecule has 0 radical (unpaired) electrons. The van der Waals surface area contributed by atoms with Gasteiger partial charge < -0.3 is 21.1 Å². The van der Waals surface area contributed by atoms with Crippen molar-refractivity contribution in [3.8, 4) is 0 Å². The first-order valence-corrected chi connectivity index (χ1v) is 5.94. The van der Waals surface area contributed by atoms with Crippen LogP contribution in [0.4, 0.5) is 4.79 Å². The van der Waals surface area contributed by atoms with Crippen LogP contribution in [0.2, 0.25) is 0 Å². The largest absolute Gasteiger partial charge is 0.481 e. The van der Waals surface area contributed by atoms with Crippen LogP contribution in [0.5, 0.6) is 0 Å². The molecule has 0 aromatic carbocycles. The fourth-order valence-corrected chi connectivity index (χ4v) is 1.20. The van der Waals surface area contributed by atoms with E-state index in [4.69, 9.17) is 5.11 Å². The number of urea groups is 1. The number of carboxylic acid groups (broad SMARTS) is 1. The number of hydrogen-bond acceptors (Lipinski definition) is 3. The summed E-state index contributed by atoms with van der Waals surface area (Å²) < 4.78 is 0. The van der Waals surface area contributed by atoms with Crippen LogP contribution in [0.15, 0.2) is 0 Å². The molecule has 0 saturated heterocycles. The van der Waals surface area contributed by atoms with Gasteiger partial charge in [-0.3, -0.25) is 9.59 Å². The average Bonchev–Trinajstić information content (AvgIpc) is 2.24. The molecule has 4 N–H and O–H groups in total. The summed E-state index contributed by atoms with van der Waals surface area (Å²) >= 11 is 0. The second-order valence-corrected chi connectivity index (χ2v) is 4.18. The normalized spacial score (nSPS) is 9.94. The lowest BCUT2D eigenvalue weighted by Gasteiger charge is -2.10. The maximum Gasteiger partial charge on any atom is 0.315 e. The van der Waals surface area contributed by atoms with Gasteiger partial charge in [0, 0.05) is 19.0 Å². The SMILES string of the molecule is CC(C)NC(=O)CNC(=O)NCCCCC(=O)O. The van der Waals surface area contributed by atoms with Crippen molar-refractivity contribution in [1.29, 1.82) is 0 Å². The molecule has 18 heavy (non-hydrogen) atoms. The number of unbranched alkanes of at least 4 members (excludes halogenated alkanes) is 1. The van der Waals surface area contributed by atoms with Crippen LogP contribution in [0.25, 0.3) is 0 Å². The maximum atomic E-state index is 11.2. The van der Waals surface area contributed by atoms with E-state index in [9.17, 15) is 14.4 Å². The molecule has 3 amide bonds. The molecule has 104 valence electrons. The van der Waals surface area contributed by atoms with E-state index in [2.05, 4.69) is 16.0 Å². The van der Waals surface area contributed by atoms with E-state index in [1.807, 2.05) is 13.8 Å². The minimum atomic E-state index is -0.843. The summed E-state index contributed by atoms with van der Waals surface area (Å²) in [5.41, 5.74) is 0. The number of nitrogens with one attached hydrogen (secondary N) is 3. The summed E-state index contributed by atoms with van der Waals surface area (Å²) in [5.74, 6) is -1.09. The minimum absolute atomic E-state index is 0.0402. The van der Waals surface area contributed by atoms with Crippen LogP contribution in [0.3, 0.4) is 0 Å². The van der Waals surface area contributed by atoms with E-state index in [1.165, 1.54) is 0 Å². The molecule has 0 bridgehead atoms. The van der Waals surface area contributed by atoms with Gasteiger partial charge in [0.1, 0.15) is 0 Å². The Morgan fingerprint density at radius 2 is 1.78 bits per heavy atom. The van der Waals surface area contributed by atoms with Crippen molar-refractivity contribution in [1.82, 2.24) is 16.0 Å². The number of hydrogen-bond donors (Lipinski definition) is 4. The molecule has 0 spiro atoms. The summed E-state index contributed by atoms with van der Waals surface area (Å²) in [6, 6.07) is -0.386. The van der Waals surface area contributed by atoms with Crippen LogP contribution in [0, 0.1) is 0 Å². The monoisotopic (exact) mass is 259 g/mol. The molecule has 0 aromatic rings. The van der Waals surface area contributed by atoms with Crippen LogP contribution >= 0.6 is 0 Å². The number of carbonyl (C=O) groups excluding carboxylic acids is 2. The Kier molecular flexibility index (Phi) is 8.34. The van der Waals surface area contributed by atoms with Gasteiger partial charge in [-0.05, 0) is 26.7 Å². The molecule has 7 nitrogen and oxygen atoms in total. The van der Waals surface area contributed by atoms with Crippen LogP contribution in [0.1, 0.15) is 33.1 Å². The Morgan fingerprint density at radius 3 is 2.33 bits per heavy atom. The molecule has 0 aliphatic carbocycles. The van der Waals surface area contributed by atoms with E-state index >= 15 is 0 Å². The van der Waals surface area contributed by atoms with Crippen LogP contribution in [-0.4, -0.2) is 42.1 Å². The Bertz CT molecular complexity index is 292. The molecule has 0 aliphatic heterocycles. The second-order valence-electron chi connectivity index (χ2n) is 4.18. The van der Waals surface area contributed by atoms with Crippen molar-refractivity contribution in [3.05, 3.63) is 0 Å². The molecule has 7 heteroatoms. The predicted molar refractivity (Wildman–Crippen MR) is 66.2 cm³/mol. The van der Waals surface area contributed by atoms with E-state index in [0.717, 1.165) is 0 Å². The summed E-state index contributed by atoms with van der Waals surface area (Å²) in [7, 11) is 0. The van der Waals surface area contributed by atoms with E-state index in [-0.39, 0.29) is 24.9 Å². The van der Waals surface area contributed by atoms with Crippen molar-refractivity contribution in [2.75, 3.05) is 13.1 Å². The fraction of sp³-hybridized carbons (Fsp3) is 0.727. The average molecular weight is 259 g/mol. The molecule has 0 fully saturated rings. The summed E-state index contributed by atoms with van der Waals surface area (Å²) in [6.07, 6.45) is 1.21. The van der Waals surface area contributed by atoms with Crippen molar-refractivity contribution >= 4 is 17.9 Å². The summed E-state index contributed by atoms with van der Waals surface area (Å²) in [4.78, 5) is 32.6. The number of rotatable bonds is 8. The predicted octanol–water partition coefficient (Wildman–Crippen LogP) is 0.0651. The van der Waals surface area contributed by atoms with Crippen molar-refractivity contribution < 1.29 is 19.5 Å².